The quantitative estimate of drug-likeness (QED) is 0.575. The van der Waals surface area contributed by atoms with Crippen LogP contribution in [0.1, 0.15) is 6.92 Å². The molecule has 0 atom stereocenters. The third-order valence-electron chi connectivity index (χ3n) is 1.03. The van der Waals surface area contributed by atoms with E-state index in [0.717, 1.165) is 0 Å². The van der Waals surface area contributed by atoms with Crippen LogP contribution in [-0.2, 0) is 13.6 Å². The Morgan fingerprint density at radius 3 is 1.78 bits per heavy atom. The standard InChI is InChI=1S/C5H14O3P/c1-5-8-9(4,6-2)7-3/h5H2,1-4H3/q+1. The van der Waals surface area contributed by atoms with Gasteiger partial charge in [-0.3, -0.25) is 0 Å². The Bertz CT molecular complexity index is 72.6. The van der Waals surface area contributed by atoms with Gasteiger partial charge in [0.1, 0.15) is 6.66 Å². The Labute approximate surface area is 56.9 Å². The summed E-state index contributed by atoms with van der Waals surface area (Å²) in [5.74, 6) is 0. The first-order valence-corrected chi connectivity index (χ1v) is 4.80. The topological polar surface area (TPSA) is 27.7 Å². The second-order valence-corrected chi connectivity index (χ2v) is 4.09. The summed E-state index contributed by atoms with van der Waals surface area (Å²) in [5.41, 5.74) is 0. The van der Waals surface area contributed by atoms with E-state index in [-0.39, 0.29) is 0 Å². The highest BCUT2D eigenvalue weighted by Crippen LogP contribution is 2.56. The minimum Gasteiger partial charge on any atom is -0.182 e. The van der Waals surface area contributed by atoms with Gasteiger partial charge in [0.15, 0.2) is 0 Å². The zero-order valence-electron chi connectivity index (χ0n) is 6.38. The van der Waals surface area contributed by atoms with E-state index in [0.29, 0.717) is 6.61 Å². The fourth-order valence-corrected chi connectivity index (χ4v) is 1.24. The molecule has 0 bridgehead atoms. The van der Waals surface area contributed by atoms with Gasteiger partial charge in [0, 0.05) is 0 Å². The van der Waals surface area contributed by atoms with Crippen LogP contribution in [0, 0.1) is 0 Å². The molecule has 0 rings (SSSR count). The molecule has 0 radical (unpaired) electrons. The SMILES string of the molecule is CCO[P+](C)(OC)OC. The maximum Gasteiger partial charge on any atom is 0.407 e. The van der Waals surface area contributed by atoms with Crippen molar-refractivity contribution in [2.24, 2.45) is 0 Å². The summed E-state index contributed by atoms with van der Waals surface area (Å²) in [6.45, 7) is 4.37. The van der Waals surface area contributed by atoms with Gasteiger partial charge in [0.2, 0.25) is 0 Å². The molecular weight excluding hydrogens is 139 g/mol. The molecule has 0 unspecified atom stereocenters. The van der Waals surface area contributed by atoms with E-state index in [1.807, 2.05) is 13.6 Å². The van der Waals surface area contributed by atoms with E-state index in [9.17, 15) is 0 Å². The second-order valence-electron chi connectivity index (χ2n) is 1.55. The summed E-state index contributed by atoms with van der Waals surface area (Å²) in [6.07, 6.45) is 0. The number of hydrogen-bond donors (Lipinski definition) is 0. The summed E-state index contributed by atoms with van der Waals surface area (Å²) < 4.78 is 15.2. The molecule has 0 aliphatic rings. The maximum atomic E-state index is 5.19. The summed E-state index contributed by atoms with van der Waals surface area (Å²) in [7, 11) is 1.25. The molecule has 0 fully saturated rings. The fraction of sp³-hybridized carbons (Fsp3) is 1.00. The van der Waals surface area contributed by atoms with Gasteiger partial charge in [0.25, 0.3) is 0 Å². The molecule has 0 aromatic carbocycles. The lowest BCUT2D eigenvalue weighted by atomic mass is 10.9. The van der Waals surface area contributed by atoms with E-state index in [4.69, 9.17) is 13.6 Å². The number of hydrogen-bond acceptors (Lipinski definition) is 3. The first kappa shape index (κ1) is 9.31. The first-order chi connectivity index (χ1) is 4.18. The van der Waals surface area contributed by atoms with E-state index in [1.54, 1.807) is 14.2 Å². The van der Waals surface area contributed by atoms with Crippen LogP contribution < -0.4 is 0 Å². The van der Waals surface area contributed by atoms with Crippen LogP contribution in [0.3, 0.4) is 0 Å². The van der Waals surface area contributed by atoms with Gasteiger partial charge in [0.05, 0.1) is 20.8 Å². The van der Waals surface area contributed by atoms with Gasteiger partial charge in [-0.1, -0.05) is 0 Å². The molecule has 0 aromatic heterocycles. The van der Waals surface area contributed by atoms with Gasteiger partial charge in [-0.25, -0.2) is 0 Å². The predicted molar refractivity (Wildman–Crippen MR) is 38.5 cm³/mol. The van der Waals surface area contributed by atoms with Crippen LogP contribution in [0.25, 0.3) is 0 Å². The maximum absolute atomic E-state index is 5.19. The van der Waals surface area contributed by atoms with Crippen molar-refractivity contribution in [3.8, 4) is 0 Å². The molecule has 0 aromatic rings. The van der Waals surface area contributed by atoms with Gasteiger partial charge in [-0.2, -0.15) is 13.6 Å². The Balaban J connectivity index is 3.62. The van der Waals surface area contributed by atoms with Crippen molar-refractivity contribution in [3.63, 3.8) is 0 Å². The average Bonchev–Trinajstić information content (AvgIpc) is 1.89. The molecule has 0 saturated heterocycles. The lowest BCUT2D eigenvalue weighted by Crippen LogP contribution is -2.00. The Hall–Kier alpha value is 0.310. The molecule has 56 valence electrons. The van der Waals surface area contributed by atoms with Gasteiger partial charge in [-0.05, 0) is 6.92 Å². The third-order valence-corrected chi connectivity index (χ3v) is 3.08. The van der Waals surface area contributed by atoms with Crippen molar-refractivity contribution in [2.45, 2.75) is 6.92 Å². The molecular formula is C5H14O3P+. The van der Waals surface area contributed by atoms with E-state index >= 15 is 0 Å². The zero-order valence-corrected chi connectivity index (χ0v) is 7.27. The van der Waals surface area contributed by atoms with Crippen LogP contribution in [0.4, 0.5) is 0 Å². The van der Waals surface area contributed by atoms with Crippen molar-refractivity contribution < 1.29 is 13.6 Å². The monoisotopic (exact) mass is 153 g/mol. The molecule has 0 spiro atoms. The highest BCUT2D eigenvalue weighted by Gasteiger charge is 2.34. The molecule has 3 nitrogen and oxygen atoms in total. The molecule has 0 N–H and O–H groups in total. The minimum atomic E-state index is -1.93. The molecule has 0 heterocycles. The van der Waals surface area contributed by atoms with Crippen molar-refractivity contribution in [1.29, 1.82) is 0 Å². The summed E-state index contributed by atoms with van der Waals surface area (Å²) >= 11 is 0. The Kier molecular flexibility index (Phi) is 4.32. The zero-order chi connectivity index (χ0) is 7.33. The van der Waals surface area contributed by atoms with Gasteiger partial charge in [-0.15, -0.1) is 0 Å². The average molecular weight is 153 g/mol. The third kappa shape index (κ3) is 3.11. The highest BCUT2D eigenvalue weighted by molar-refractivity contribution is 7.60. The van der Waals surface area contributed by atoms with Crippen LogP contribution in [0.2, 0.25) is 0 Å². The first-order valence-electron chi connectivity index (χ1n) is 2.81. The van der Waals surface area contributed by atoms with Crippen molar-refractivity contribution >= 4 is 7.94 Å². The Morgan fingerprint density at radius 2 is 1.67 bits per heavy atom. The van der Waals surface area contributed by atoms with Gasteiger partial charge < -0.3 is 0 Å². The summed E-state index contributed by atoms with van der Waals surface area (Å²) in [5, 5.41) is 0. The van der Waals surface area contributed by atoms with Crippen LogP contribution >= 0.6 is 7.94 Å². The smallest absolute Gasteiger partial charge is 0.182 e. The molecule has 0 saturated carbocycles. The minimum absolute atomic E-state index is 0.631. The second kappa shape index (κ2) is 4.18. The van der Waals surface area contributed by atoms with E-state index in [2.05, 4.69) is 0 Å². The van der Waals surface area contributed by atoms with E-state index < -0.39 is 7.94 Å². The van der Waals surface area contributed by atoms with Crippen LogP contribution in [0.15, 0.2) is 0 Å². The van der Waals surface area contributed by atoms with Gasteiger partial charge >= 0.3 is 7.94 Å². The van der Waals surface area contributed by atoms with Crippen LogP contribution in [0.5, 0.6) is 0 Å². The lowest BCUT2D eigenvalue weighted by molar-refractivity contribution is 0.193. The van der Waals surface area contributed by atoms with E-state index in [1.165, 1.54) is 0 Å². The summed E-state index contributed by atoms with van der Waals surface area (Å²) in [6, 6.07) is 0. The largest absolute Gasteiger partial charge is 0.407 e. The van der Waals surface area contributed by atoms with Crippen molar-refractivity contribution in [1.82, 2.24) is 0 Å². The summed E-state index contributed by atoms with van der Waals surface area (Å²) in [4.78, 5) is 0. The molecule has 0 aliphatic heterocycles. The fourth-order valence-electron chi connectivity index (χ4n) is 0.414. The molecule has 9 heavy (non-hydrogen) atoms. The normalized spacial score (nSPS) is 12.0. The van der Waals surface area contributed by atoms with Crippen molar-refractivity contribution in [2.75, 3.05) is 27.5 Å². The van der Waals surface area contributed by atoms with Crippen LogP contribution in [-0.4, -0.2) is 27.5 Å². The molecule has 4 heteroatoms. The molecule has 0 amide bonds. The highest BCUT2D eigenvalue weighted by atomic mass is 31.2. The Morgan fingerprint density at radius 1 is 1.22 bits per heavy atom. The predicted octanol–water partition coefficient (Wildman–Crippen LogP) is 1.71. The van der Waals surface area contributed by atoms with Crippen molar-refractivity contribution in [3.05, 3.63) is 0 Å². The number of rotatable bonds is 4. The molecule has 0 aliphatic carbocycles. The lowest BCUT2D eigenvalue weighted by Gasteiger charge is -2.12.